The Bertz CT molecular complexity index is 1120. The van der Waals surface area contributed by atoms with E-state index < -0.39 is 29.9 Å². The molecule has 0 N–H and O–H groups in total. The molecule has 1 fully saturated rings. The number of furan rings is 2. The van der Waals surface area contributed by atoms with Crippen molar-refractivity contribution in [2.24, 2.45) is 5.10 Å². The van der Waals surface area contributed by atoms with Gasteiger partial charge in [0.15, 0.2) is 6.61 Å². The number of hydrogen-bond acceptors (Lipinski definition) is 6. The van der Waals surface area contributed by atoms with Crippen LogP contribution >= 0.6 is 11.6 Å². The van der Waals surface area contributed by atoms with E-state index in [-0.39, 0.29) is 0 Å². The Morgan fingerprint density at radius 2 is 1.84 bits per heavy atom. The number of rotatable bonds is 6. The van der Waals surface area contributed by atoms with Gasteiger partial charge in [0, 0.05) is 11.4 Å². The molecule has 8 heteroatoms. The summed E-state index contributed by atoms with van der Waals surface area (Å²) in [5.41, 5.74) is 0.784. The molecule has 3 aromatic rings. The van der Waals surface area contributed by atoms with Crippen LogP contribution < -0.4 is 0 Å². The predicted octanol–water partition coefficient (Wildman–Crippen LogP) is 4.48. The van der Waals surface area contributed by atoms with Crippen LogP contribution in [0.3, 0.4) is 0 Å². The van der Waals surface area contributed by atoms with Crippen LogP contribution in [-0.2, 0) is 19.7 Å². The summed E-state index contributed by atoms with van der Waals surface area (Å²) in [7, 11) is 0. The molecule has 31 heavy (non-hydrogen) atoms. The Balaban J connectivity index is 1.30. The van der Waals surface area contributed by atoms with Crippen LogP contribution in [0.15, 0.2) is 75.0 Å². The number of amides is 1. The lowest BCUT2D eigenvalue weighted by molar-refractivity contribution is -0.155. The van der Waals surface area contributed by atoms with Crippen LogP contribution in [0.5, 0.6) is 0 Å². The van der Waals surface area contributed by atoms with E-state index in [4.69, 9.17) is 25.2 Å². The maximum absolute atomic E-state index is 13.0. The van der Waals surface area contributed by atoms with Gasteiger partial charge in [0.2, 0.25) is 0 Å². The first-order valence-electron chi connectivity index (χ1n) is 9.97. The fourth-order valence-electron chi connectivity index (χ4n) is 3.87. The second-order valence-corrected chi connectivity index (χ2v) is 8.10. The smallest absolute Gasteiger partial charge is 0.317 e. The van der Waals surface area contributed by atoms with Gasteiger partial charge in [-0.1, -0.05) is 23.7 Å². The van der Waals surface area contributed by atoms with Crippen LogP contribution in [0.4, 0.5) is 0 Å². The zero-order chi connectivity index (χ0) is 21.4. The monoisotopic (exact) mass is 438 g/mol. The van der Waals surface area contributed by atoms with Gasteiger partial charge in [0.25, 0.3) is 5.91 Å². The molecule has 1 amide bonds. The first kappa shape index (κ1) is 19.6. The second-order valence-electron chi connectivity index (χ2n) is 7.66. The summed E-state index contributed by atoms with van der Waals surface area (Å²) in [4.78, 5) is 25.7. The van der Waals surface area contributed by atoms with Crippen LogP contribution in [0, 0.1) is 0 Å². The van der Waals surface area contributed by atoms with Crippen molar-refractivity contribution >= 4 is 29.2 Å². The van der Waals surface area contributed by atoms with E-state index in [1.165, 1.54) is 5.01 Å². The maximum atomic E-state index is 13.0. The Morgan fingerprint density at radius 3 is 2.48 bits per heavy atom. The highest BCUT2D eigenvalue weighted by molar-refractivity contribution is 6.30. The molecule has 1 unspecified atom stereocenters. The molecule has 1 aliphatic heterocycles. The molecular formula is C23H19ClN2O5. The zero-order valence-corrected chi connectivity index (χ0v) is 17.2. The first-order chi connectivity index (χ1) is 15.1. The molecule has 0 radical (unpaired) electrons. The van der Waals surface area contributed by atoms with Gasteiger partial charge in [-0.3, -0.25) is 9.59 Å². The van der Waals surface area contributed by atoms with Crippen molar-refractivity contribution in [2.75, 3.05) is 6.61 Å². The largest absolute Gasteiger partial charge is 0.467 e. The van der Waals surface area contributed by atoms with Gasteiger partial charge in [0.1, 0.15) is 23.3 Å². The molecule has 158 valence electrons. The van der Waals surface area contributed by atoms with E-state index >= 15 is 0 Å². The lowest BCUT2D eigenvalue weighted by Gasteiger charge is -2.21. The average molecular weight is 439 g/mol. The van der Waals surface area contributed by atoms with Gasteiger partial charge in [-0.25, -0.2) is 5.01 Å². The van der Waals surface area contributed by atoms with E-state index in [1.54, 1.807) is 48.9 Å². The van der Waals surface area contributed by atoms with Gasteiger partial charge < -0.3 is 13.6 Å². The molecule has 0 spiro atoms. The molecule has 1 aliphatic carbocycles. The molecule has 0 bridgehead atoms. The summed E-state index contributed by atoms with van der Waals surface area (Å²) < 4.78 is 16.4. The fourth-order valence-corrected chi connectivity index (χ4v) is 4.00. The fraction of sp³-hybridized carbons (Fsp3) is 0.261. The SMILES string of the molecule is O=C(COC(=O)C1(c2ccc(Cl)cc2)CC1)N1N=C(c2ccco2)CC1c1ccco1. The summed E-state index contributed by atoms with van der Waals surface area (Å²) in [6.45, 7) is -0.402. The van der Waals surface area contributed by atoms with Crippen molar-refractivity contribution in [1.29, 1.82) is 0 Å². The molecule has 0 saturated heterocycles. The van der Waals surface area contributed by atoms with Gasteiger partial charge in [0.05, 0.1) is 17.9 Å². The van der Waals surface area contributed by atoms with Crippen LogP contribution in [0.2, 0.25) is 5.02 Å². The topological polar surface area (TPSA) is 85.3 Å². The third-order valence-electron chi connectivity index (χ3n) is 5.71. The van der Waals surface area contributed by atoms with Crippen molar-refractivity contribution in [3.05, 3.63) is 83.2 Å². The molecule has 2 aliphatic rings. The van der Waals surface area contributed by atoms with Gasteiger partial charge in [-0.2, -0.15) is 5.10 Å². The summed E-state index contributed by atoms with van der Waals surface area (Å²) in [6, 6.07) is 13.8. The average Bonchev–Trinajstić information content (AvgIpc) is 3.20. The number of hydrazone groups is 1. The Morgan fingerprint density at radius 1 is 1.10 bits per heavy atom. The highest BCUT2D eigenvalue weighted by Crippen LogP contribution is 2.49. The molecule has 3 heterocycles. The van der Waals surface area contributed by atoms with E-state index in [0.717, 1.165) is 5.56 Å². The molecule has 1 atom stereocenters. The Hall–Kier alpha value is -3.32. The van der Waals surface area contributed by atoms with E-state index in [1.807, 2.05) is 12.1 Å². The van der Waals surface area contributed by atoms with Crippen molar-refractivity contribution in [2.45, 2.75) is 30.7 Å². The highest BCUT2D eigenvalue weighted by atomic mass is 35.5. The number of esters is 1. The second kappa shape index (κ2) is 7.74. The van der Waals surface area contributed by atoms with Crippen molar-refractivity contribution in [3.63, 3.8) is 0 Å². The lowest BCUT2D eigenvalue weighted by Crippen LogP contribution is -2.33. The third-order valence-corrected chi connectivity index (χ3v) is 5.96. The van der Waals surface area contributed by atoms with Gasteiger partial charge in [-0.15, -0.1) is 0 Å². The molecule has 1 saturated carbocycles. The Labute approximate surface area is 183 Å². The molecule has 7 nitrogen and oxygen atoms in total. The number of carbonyl (C=O) groups excluding carboxylic acids is 2. The molecule has 2 aromatic heterocycles. The van der Waals surface area contributed by atoms with Crippen molar-refractivity contribution < 1.29 is 23.2 Å². The number of hydrogen-bond donors (Lipinski definition) is 0. The van der Waals surface area contributed by atoms with E-state index in [9.17, 15) is 9.59 Å². The normalized spacial score (nSPS) is 19.2. The molecule has 1 aromatic carbocycles. The summed E-state index contributed by atoms with van der Waals surface area (Å²) >= 11 is 5.95. The highest BCUT2D eigenvalue weighted by Gasteiger charge is 2.53. The standard InChI is InChI=1S/C23H19ClN2O5/c24-16-7-5-15(6-8-16)23(9-10-23)22(28)31-14-21(27)26-18(20-4-2-12-30-20)13-17(25-26)19-3-1-11-29-19/h1-8,11-12,18H,9-10,13-14H2. The minimum Gasteiger partial charge on any atom is -0.467 e. The van der Waals surface area contributed by atoms with Crippen molar-refractivity contribution in [3.8, 4) is 0 Å². The summed E-state index contributed by atoms with van der Waals surface area (Å²) in [6.07, 6.45) is 4.90. The number of benzene rings is 1. The van der Waals surface area contributed by atoms with Gasteiger partial charge >= 0.3 is 5.97 Å². The summed E-state index contributed by atoms with van der Waals surface area (Å²) in [5, 5.41) is 6.35. The van der Waals surface area contributed by atoms with Crippen molar-refractivity contribution in [1.82, 2.24) is 5.01 Å². The first-order valence-corrected chi connectivity index (χ1v) is 10.3. The van der Waals surface area contributed by atoms with Crippen LogP contribution in [0.25, 0.3) is 0 Å². The number of nitrogens with zero attached hydrogens (tertiary/aromatic N) is 2. The minimum atomic E-state index is -0.696. The molecule has 5 rings (SSSR count). The van der Waals surface area contributed by atoms with Crippen LogP contribution in [0.1, 0.15) is 42.4 Å². The third kappa shape index (κ3) is 3.65. The van der Waals surface area contributed by atoms with E-state index in [0.29, 0.717) is 41.5 Å². The van der Waals surface area contributed by atoms with E-state index in [2.05, 4.69) is 5.10 Å². The number of carbonyl (C=O) groups is 2. The lowest BCUT2D eigenvalue weighted by atomic mass is 9.96. The van der Waals surface area contributed by atoms with Gasteiger partial charge in [-0.05, 0) is 54.8 Å². The maximum Gasteiger partial charge on any atom is 0.317 e. The molecular weight excluding hydrogens is 420 g/mol. The zero-order valence-electron chi connectivity index (χ0n) is 16.5. The minimum absolute atomic E-state index is 0.402. The number of ether oxygens (including phenoxy) is 1. The quantitative estimate of drug-likeness (QED) is 0.530. The predicted molar refractivity (Wildman–Crippen MR) is 111 cm³/mol. The summed E-state index contributed by atoms with van der Waals surface area (Å²) in [5.74, 6) is 0.351. The van der Waals surface area contributed by atoms with Crippen LogP contribution in [-0.4, -0.2) is 29.2 Å². The number of halogens is 1. The Kier molecular flexibility index (Phi) is 4.90.